The van der Waals surface area contributed by atoms with Crippen molar-refractivity contribution in [3.05, 3.63) is 71.7 Å². The van der Waals surface area contributed by atoms with Crippen LogP contribution >= 0.6 is 11.8 Å². The maximum absolute atomic E-state index is 13.9. The van der Waals surface area contributed by atoms with E-state index in [9.17, 15) is 17.6 Å². The monoisotopic (exact) mass is 579 g/mol. The molecule has 1 aliphatic heterocycles. The van der Waals surface area contributed by atoms with Crippen molar-refractivity contribution in [3.8, 4) is 11.3 Å². The molecule has 0 atom stereocenters. The lowest BCUT2D eigenvalue weighted by atomic mass is 10.0. The third-order valence-electron chi connectivity index (χ3n) is 7.40. The van der Waals surface area contributed by atoms with Crippen LogP contribution in [0.3, 0.4) is 0 Å². The van der Waals surface area contributed by atoms with Gasteiger partial charge >= 0.3 is 0 Å². The van der Waals surface area contributed by atoms with Gasteiger partial charge in [0.1, 0.15) is 20.7 Å². The Bertz CT molecular complexity index is 1690. The number of rotatable bonds is 8. The summed E-state index contributed by atoms with van der Waals surface area (Å²) in [6.45, 7) is 2.54. The molecule has 3 heterocycles. The lowest BCUT2D eigenvalue weighted by molar-refractivity contribution is 0.0950. The van der Waals surface area contributed by atoms with E-state index >= 15 is 0 Å². The summed E-state index contributed by atoms with van der Waals surface area (Å²) in [5.74, 6) is 0.294. The van der Waals surface area contributed by atoms with Crippen molar-refractivity contribution < 1.29 is 17.6 Å². The van der Waals surface area contributed by atoms with Gasteiger partial charge in [0.2, 0.25) is 0 Å². The van der Waals surface area contributed by atoms with Gasteiger partial charge < -0.3 is 10.6 Å². The largest absolute Gasteiger partial charge is 0.382 e. The highest BCUT2D eigenvalue weighted by Crippen LogP contribution is 2.33. The maximum Gasteiger partial charge on any atom is 0.251 e. The first-order valence-corrected chi connectivity index (χ1v) is 16.1. The average Bonchev–Trinajstić information content (AvgIpc) is 3.63. The van der Waals surface area contributed by atoms with Crippen molar-refractivity contribution in [2.75, 3.05) is 23.4 Å². The van der Waals surface area contributed by atoms with E-state index in [2.05, 4.69) is 15.6 Å². The highest BCUT2D eigenvalue weighted by Gasteiger charge is 2.25. The minimum Gasteiger partial charge on any atom is -0.382 e. The standard InChI is InChI=1S/C29H30FN5O3S2/c1-18-13-20(5-8-24(18)29(36)33-22-6-7-22)26-17-32-28-25(31-16-19-9-11-40(37,38)12-10-19)15-27(34-35(26)28)39-23-4-2-3-21(30)14-23/h2-5,8,13-15,17,19,22,31H,6-7,9-12,16H2,1H3,(H,33,36). The Morgan fingerprint density at radius 2 is 1.90 bits per heavy atom. The number of benzene rings is 2. The molecule has 1 aliphatic carbocycles. The van der Waals surface area contributed by atoms with Crippen molar-refractivity contribution >= 4 is 38.8 Å². The van der Waals surface area contributed by atoms with E-state index in [1.54, 1.807) is 16.8 Å². The van der Waals surface area contributed by atoms with Gasteiger partial charge in [-0.05, 0) is 80.5 Å². The third-order valence-corrected chi connectivity index (χ3v) is 10.0. The van der Waals surface area contributed by atoms with Gasteiger partial charge in [-0.1, -0.05) is 23.9 Å². The van der Waals surface area contributed by atoms with Gasteiger partial charge in [0.05, 0.1) is 29.1 Å². The summed E-state index contributed by atoms with van der Waals surface area (Å²) in [6, 6.07) is 14.3. The van der Waals surface area contributed by atoms with Crippen molar-refractivity contribution in [1.29, 1.82) is 0 Å². The van der Waals surface area contributed by atoms with Crippen molar-refractivity contribution in [2.24, 2.45) is 5.92 Å². The molecule has 2 fully saturated rings. The second-order valence-electron chi connectivity index (χ2n) is 10.6. The number of nitrogens with one attached hydrogen (secondary N) is 2. The van der Waals surface area contributed by atoms with Crippen molar-refractivity contribution in [1.82, 2.24) is 19.9 Å². The smallest absolute Gasteiger partial charge is 0.251 e. The number of anilines is 1. The molecule has 2 N–H and O–H groups in total. The Balaban J connectivity index is 1.33. The number of hydrogen-bond acceptors (Lipinski definition) is 7. The predicted molar refractivity (Wildman–Crippen MR) is 154 cm³/mol. The first-order chi connectivity index (χ1) is 19.2. The van der Waals surface area contributed by atoms with E-state index in [1.165, 1.54) is 23.9 Å². The SMILES string of the molecule is Cc1cc(-c2cnc3c(NCC4CCS(=O)(=O)CC4)cc(Sc4cccc(F)c4)nn23)ccc1C(=O)NC1CC1. The molecule has 8 nitrogen and oxygen atoms in total. The number of imidazole rings is 1. The summed E-state index contributed by atoms with van der Waals surface area (Å²) in [5.41, 5.74) is 4.55. The molecular formula is C29H30FN5O3S2. The number of halogens is 1. The van der Waals surface area contributed by atoms with Gasteiger partial charge in [-0.3, -0.25) is 4.79 Å². The van der Waals surface area contributed by atoms with Crippen LogP contribution < -0.4 is 10.6 Å². The molecule has 0 spiro atoms. The van der Waals surface area contributed by atoms with Crippen LogP contribution in [0.4, 0.5) is 10.1 Å². The number of amides is 1. The van der Waals surface area contributed by atoms with E-state index in [-0.39, 0.29) is 35.2 Å². The fourth-order valence-corrected chi connectivity index (χ4v) is 7.39. The van der Waals surface area contributed by atoms with Gasteiger partial charge in [-0.15, -0.1) is 0 Å². The van der Waals surface area contributed by atoms with E-state index < -0.39 is 9.84 Å². The predicted octanol–water partition coefficient (Wildman–Crippen LogP) is 5.12. The maximum atomic E-state index is 13.9. The van der Waals surface area contributed by atoms with Crippen molar-refractivity contribution in [2.45, 2.75) is 48.6 Å². The fraction of sp³-hybridized carbons (Fsp3) is 0.345. The molecule has 40 heavy (non-hydrogen) atoms. The summed E-state index contributed by atoms with van der Waals surface area (Å²) in [5, 5.41) is 12.0. The highest BCUT2D eigenvalue weighted by molar-refractivity contribution is 7.99. The van der Waals surface area contributed by atoms with Crippen LogP contribution in [0.2, 0.25) is 0 Å². The van der Waals surface area contributed by atoms with Gasteiger partial charge in [-0.25, -0.2) is 22.3 Å². The van der Waals surface area contributed by atoms with Crippen LogP contribution in [-0.2, 0) is 9.84 Å². The Labute approximate surface area is 236 Å². The van der Waals surface area contributed by atoms with E-state index in [0.29, 0.717) is 35.6 Å². The zero-order valence-electron chi connectivity index (χ0n) is 22.1. The molecule has 0 bridgehead atoms. The Morgan fingerprint density at radius 1 is 1.10 bits per heavy atom. The first kappa shape index (κ1) is 26.8. The number of carbonyl (C=O) groups is 1. The molecule has 1 saturated carbocycles. The molecule has 1 saturated heterocycles. The number of aryl methyl sites for hydroxylation is 1. The average molecular weight is 580 g/mol. The molecule has 1 amide bonds. The third kappa shape index (κ3) is 6.00. The van der Waals surface area contributed by atoms with Gasteiger partial charge in [0.25, 0.3) is 5.91 Å². The number of nitrogens with zero attached hydrogens (tertiary/aromatic N) is 3. The summed E-state index contributed by atoms with van der Waals surface area (Å²) in [6.07, 6.45) is 5.07. The minimum absolute atomic E-state index is 0.0569. The Kier molecular flexibility index (Phi) is 7.26. The number of aromatic nitrogens is 3. The van der Waals surface area contributed by atoms with Crippen LogP contribution in [-0.4, -0.2) is 53.0 Å². The van der Waals surface area contributed by atoms with E-state index in [1.807, 2.05) is 37.3 Å². The first-order valence-electron chi connectivity index (χ1n) is 13.4. The summed E-state index contributed by atoms with van der Waals surface area (Å²) in [4.78, 5) is 18.0. The molecule has 11 heteroatoms. The molecule has 6 rings (SSSR count). The summed E-state index contributed by atoms with van der Waals surface area (Å²) < 4.78 is 39.4. The molecule has 4 aromatic rings. The van der Waals surface area contributed by atoms with Crippen LogP contribution in [0.15, 0.2) is 64.6 Å². The summed E-state index contributed by atoms with van der Waals surface area (Å²) >= 11 is 1.35. The lowest BCUT2D eigenvalue weighted by Crippen LogP contribution is -2.27. The molecule has 0 unspecified atom stereocenters. The zero-order valence-corrected chi connectivity index (χ0v) is 23.7. The van der Waals surface area contributed by atoms with Gasteiger partial charge in [0.15, 0.2) is 5.65 Å². The number of carbonyl (C=O) groups excluding carboxylic acids is 1. The molecule has 2 aromatic heterocycles. The van der Waals surface area contributed by atoms with E-state index in [0.717, 1.165) is 40.2 Å². The van der Waals surface area contributed by atoms with Gasteiger partial charge in [0, 0.05) is 28.6 Å². The quantitative estimate of drug-likeness (QED) is 0.298. The zero-order chi connectivity index (χ0) is 27.9. The highest BCUT2D eigenvalue weighted by atomic mass is 32.2. The second kappa shape index (κ2) is 10.9. The number of hydrogen-bond donors (Lipinski definition) is 2. The lowest BCUT2D eigenvalue weighted by Gasteiger charge is -2.22. The van der Waals surface area contributed by atoms with Crippen molar-refractivity contribution in [3.63, 3.8) is 0 Å². The Morgan fingerprint density at radius 3 is 2.62 bits per heavy atom. The summed E-state index contributed by atoms with van der Waals surface area (Å²) in [7, 11) is -2.93. The normalized spacial score (nSPS) is 17.1. The minimum atomic E-state index is -2.93. The number of fused-ring (bicyclic) bond motifs is 1. The van der Waals surface area contributed by atoms with E-state index in [4.69, 9.17) is 5.10 Å². The fourth-order valence-electron chi connectivity index (χ4n) is 4.94. The van der Waals surface area contributed by atoms with Crippen LogP contribution in [0.25, 0.3) is 16.9 Å². The topological polar surface area (TPSA) is 105 Å². The van der Waals surface area contributed by atoms with Crippen LogP contribution in [0, 0.1) is 18.7 Å². The van der Waals surface area contributed by atoms with Crippen LogP contribution in [0.5, 0.6) is 0 Å². The molecule has 2 aromatic carbocycles. The molecule has 208 valence electrons. The number of sulfone groups is 1. The molecule has 0 radical (unpaired) electrons. The van der Waals surface area contributed by atoms with Gasteiger partial charge in [-0.2, -0.15) is 5.10 Å². The molecule has 2 aliphatic rings. The Hall–Kier alpha value is -3.44. The molecular weight excluding hydrogens is 549 g/mol. The second-order valence-corrected chi connectivity index (χ2v) is 14.0. The van der Waals surface area contributed by atoms with Crippen LogP contribution in [0.1, 0.15) is 41.6 Å².